The molecule has 0 aliphatic carbocycles. The lowest BCUT2D eigenvalue weighted by atomic mass is 10.1. The van der Waals surface area contributed by atoms with Gasteiger partial charge in [-0.1, -0.05) is 16.8 Å². The van der Waals surface area contributed by atoms with Crippen LogP contribution in [0.2, 0.25) is 5.02 Å². The Hall–Kier alpha value is -1.85. The van der Waals surface area contributed by atoms with E-state index < -0.39 is 0 Å². The zero-order chi connectivity index (χ0) is 16.7. The van der Waals surface area contributed by atoms with Crippen LogP contribution >= 0.6 is 11.6 Å². The SMILES string of the molecule is CC(C)OCCCNC(=O)Cc1cc(-c2ccc(Cl)cc2)on1. The van der Waals surface area contributed by atoms with Crippen molar-refractivity contribution in [1.82, 2.24) is 10.5 Å². The molecule has 0 atom stereocenters. The number of rotatable bonds is 8. The van der Waals surface area contributed by atoms with Crippen molar-refractivity contribution in [3.8, 4) is 11.3 Å². The van der Waals surface area contributed by atoms with Crippen molar-refractivity contribution < 1.29 is 14.1 Å². The molecule has 1 aromatic heterocycles. The van der Waals surface area contributed by atoms with Gasteiger partial charge in [-0.25, -0.2) is 0 Å². The fraction of sp³-hybridized carbons (Fsp3) is 0.412. The topological polar surface area (TPSA) is 64.4 Å². The Morgan fingerprint density at radius 1 is 1.35 bits per heavy atom. The third-order valence-corrected chi connectivity index (χ3v) is 3.38. The molecule has 1 amide bonds. The maximum absolute atomic E-state index is 11.8. The highest BCUT2D eigenvalue weighted by molar-refractivity contribution is 6.30. The summed E-state index contributed by atoms with van der Waals surface area (Å²) in [4.78, 5) is 11.8. The molecule has 1 heterocycles. The number of halogens is 1. The van der Waals surface area contributed by atoms with Crippen LogP contribution in [-0.2, 0) is 16.0 Å². The summed E-state index contributed by atoms with van der Waals surface area (Å²) in [5, 5.41) is 7.43. The average Bonchev–Trinajstić information content (AvgIpc) is 2.95. The molecule has 1 N–H and O–H groups in total. The lowest BCUT2D eigenvalue weighted by molar-refractivity contribution is -0.120. The van der Waals surface area contributed by atoms with Crippen molar-refractivity contribution in [2.75, 3.05) is 13.2 Å². The third kappa shape index (κ3) is 6.04. The van der Waals surface area contributed by atoms with Crippen molar-refractivity contribution in [3.63, 3.8) is 0 Å². The summed E-state index contributed by atoms with van der Waals surface area (Å²) in [6, 6.07) is 9.03. The molecule has 0 radical (unpaired) electrons. The van der Waals surface area contributed by atoms with E-state index in [1.165, 1.54) is 0 Å². The van der Waals surface area contributed by atoms with E-state index >= 15 is 0 Å². The van der Waals surface area contributed by atoms with Crippen LogP contribution in [0.5, 0.6) is 0 Å². The Morgan fingerprint density at radius 2 is 2.09 bits per heavy atom. The molecule has 1 aromatic carbocycles. The van der Waals surface area contributed by atoms with E-state index in [0.29, 0.717) is 29.6 Å². The number of hydrogen-bond acceptors (Lipinski definition) is 4. The van der Waals surface area contributed by atoms with Crippen LogP contribution < -0.4 is 5.32 Å². The van der Waals surface area contributed by atoms with E-state index in [4.69, 9.17) is 20.9 Å². The monoisotopic (exact) mass is 336 g/mol. The summed E-state index contributed by atoms with van der Waals surface area (Å²) in [6.07, 6.45) is 1.20. The van der Waals surface area contributed by atoms with Gasteiger partial charge in [-0.3, -0.25) is 4.79 Å². The smallest absolute Gasteiger partial charge is 0.226 e. The van der Waals surface area contributed by atoms with Gasteiger partial charge in [-0.2, -0.15) is 0 Å². The number of nitrogens with one attached hydrogen (secondary N) is 1. The van der Waals surface area contributed by atoms with Gasteiger partial charge >= 0.3 is 0 Å². The molecule has 0 bridgehead atoms. The minimum atomic E-state index is -0.0782. The van der Waals surface area contributed by atoms with Crippen molar-refractivity contribution in [3.05, 3.63) is 41.0 Å². The normalized spacial score (nSPS) is 11.0. The van der Waals surface area contributed by atoms with Crippen LogP contribution in [0.4, 0.5) is 0 Å². The molecular formula is C17H21ClN2O3. The molecule has 2 aromatic rings. The van der Waals surface area contributed by atoms with Crippen LogP contribution in [-0.4, -0.2) is 30.3 Å². The van der Waals surface area contributed by atoms with Crippen LogP contribution in [0.3, 0.4) is 0 Å². The fourth-order valence-electron chi connectivity index (χ4n) is 1.99. The summed E-state index contributed by atoms with van der Waals surface area (Å²) in [5.74, 6) is 0.542. The first kappa shape index (κ1) is 17.5. The largest absolute Gasteiger partial charge is 0.379 e. The summed E-state index contributed by atoms with van der Waals surface area (Å²) in [6.45, 7) is 5.21. The van der Waals surface area contributed by atoms with E-state index in [1.54, 1.807) is 18.2 Å². The molecule has 5 nitrogen and oxygen atoms in total. The van der Waals surface area contributed by atoms with Crippen molar-refractivity contribution in [1.29, 1.82) is 0 Å². The number of hydrogen-bond donors (Lipinski definition) is 1. The van der Waals surface area contributed by atoms with Gasteiger partial charge in [0.25, 0.3) is 0 Å². The van der Waals surface area contributed by atoms with Crippen molar-refractivity contribution in [2.45, 2.75) is 32.8 Å². The van der Waals surface area contributed by atoms with Gasteiger partial charge in [0.05, 0.1) is 18.2 Å². The van der Waals surface area contributed by atoms with Crippen molar-refractivity contribution in [2.24, 2.45) is 0 Å². The van der Waals surface area contributed by atoms with Crippen LogP contribution in [0.1, 0.15) is 26.0 Å². The van der Waals surface area contributed by atoms with Gasteiger partial charge in [0.15, 0.2) is 5.76 Å². The predicted molar refractivity (Wildman–Crippen MR) is 89.4 cm³/mol. The molecule has 6 heteroatoms. The molecule has 0 saturated heterocycles. The minimum Gasteiger partial charge on any atom is -0.379 e. The highest BCUT2D eigenvalue weighted by Crippen LogP contribution is 2.22. The zero-order valence-electron chi connectivity index (χ0n) is 13.3. The van der Waals surface area contributed by atoms with E-state index in [0.717, 1.165) is 12.0 Å². The molecule has 2 rings (SSSR count). The highest BCUT2D eigenvalue weighted by atomic mass is 35.5. The summed E-state index contributed by atoms with van der Waals surface area (Å²) in [7, 11) is 0. The standard InChI is InChI=1S/C17H21ClN2O3/c1-12(2)22-9-3-8-19-17(21)11-15-10-16(23-20-15)13-4-6-14(18)7-5-13/h4-7,10,12H,3,8-9,11H2,1-2H3,(H,19,21). The van der Waals surface area contributed by atoms with E-state index in [1.807, 2.05) is 26.0 Å². The van der Waals surface area contributed by atoms with E-state index in [-0.39, 0.29) is 18.4 Å². The fourth-order valence-corrected chi connectivity index (χ4v) is 2.12. The molecule has 0 aliphatic rings. The third-order valence-electron chi connectivity index (χ3n) is 3.12. The molecule has 0 saturated carbocycles. The minimum absolute atomic E-state index is 0.0782. The van der Waals surface area contributed by atoms with Gasteiger partial charge in [0.1, 0.15) is 0 Å². The highest BCUT2D eigenvalue weighted by Gasteiger charge is 2.10. The number of ether oxygens (including phenoxy) is 1. The maximum atomic E-state index is 11.8. The molecule has 23 heavy (non-hydrogen) atoms. The quantitative estimate of drug-likeness (QED) is 0.750. The van der Waals surface area contributed by atoms with Gasteiger partial charge in [-0.15, -0.1) is 0 Å². The second-order valence-electron chi connectivity index (χ2n) is 5.49. The molecular weight excluding hydrogens is 316 g/mol. The number of amides is 1. The van der Waals surface area contributed by atoms with Gasteiger partial charge in [0.2, 0.25) is 5.91 Å². The van der Waals surface area contributed by atoms with Crippen LogP contribution in [0, 0.1) is 0 Å². The molecule has 0 fully saturated rings. The molecule has 0 spiro atoms. The first-order valence-electron chi connectivity index (χ1n) is 7.64. The van der Waals surface area contributed by atoms with Gasteiger partial charge < -0.3 is 14.6 Å². The van der Waals surface area contributed by atoms with Crippen molar-refractivity contribution >= 4 is 17.5 Å². The predicted octanol–water partition coefficient (Wildman–Crippen LogP) is 3.47. The molecule has 0 aliphatic heterocycles. The Balaban J connectivity index is 1.77. The van der Waals surface area contributed by atoms with E-state index in [9.17, 15) is 4.79 Å². The lowest BCUT2D eigenvalue weighted by Crippen LogP contribution is -2.27. The Kier molecular flexibility index (Phi) is 6.62. The average molecular weight is 337 g/mol. The Morgan fingerprint density at radius 3 is 2.78 bits per heavy atom. The number of benzene rings is 1. The molecule has 0 unspecified atom stereocenters. The molecule has 124 valence electrons. The zero-order valence-corrected chi connectivity index (χ0v) is 14.1. The van der Waals surface area contributed by atoms with Crippen LogP contribution in [0.15, 0.2) is 34.9 Å². The maximum Gasteiger partial charge on any atom is 0.226 e. The summed E-state index contributed by atoms with van der Waals surface area (Å²) < 4.78 is 10.7. The number of aromatic nitrogens is 1. The Bertz CT molecular complexity index is 623. The Labute approximate surface area is 141 Å². The summed E-state index contributed by atoms with van der Waals surface area (Å²) in [5.41, 5.74) is 1.48. The number of carbonyl (C=O) groups is 1. The first-order chi connectivity index (χ1) is 11.0. The lowest BCUT2D eigenvalue weighted by Gasteiger charge is -2.07. The second-order valence-corrected chi connectivity index (χ2v) is 5.93. The number of nitrogens with zero attached hydrogens (tertiary/aromatic N) is 1. The number of carbonyl (C=O) groups excluding carboxylic acids is 1. The second kappa shape index (κ2) is 8.70. The van der Waals surface area contributed by atoms with Gasteiger partial charge in [0, 0.05) is 29.8 Å². The first-order valence-corrected chi connectivity index (χ1v) is 8.02. The van der Waals surface area contributed by atoms with Gasteiger partial charge in [-0.05, 0) is 44.5 Å². The van der Waals surface area contributed by atoms with E-state index in [2.05, 4.69) is 10.5 Å². The van der Waals surface area contributed by atoms with Crippen LogP contribution in [0.25, 0.3) is 11.3 Å². The summed E-state index contributed by atoms with van der Waals surface area (Å²) >= 11 is 5.85.